The van der Waals surface area contributed by atoms with Crippen LogP contribution in [-0.2, 0) is 9.84 Å². The van der Waals surface area contributed by atoms with E-state index in [-0.39, 0.29) is 23.2 Å². The van der Waals surface area contributed by atoms with Crippen molar-refractivity contribution in [1.82, 2.24) is 0 Å². The molecule has 1 rings (SSSR count). The third-order valence-corrected chi connectivity index (χ3v) is 3.46. The lowest BCUT2D eigenvalue weighted by Gasteiger charge is -2.15. The zero-order valence-electron chi connectivity index (χ0n) is 10.6. The van der Waals surface area contributed by atoms with Gasteiger partial charge in [0.2, 0.25) is 0 Å². The Morgan fingerprint density at radius 2 is 2.11 bits per heavy atom. The summed E-state index contributed by atoms with van der Waals surface area (Å²) in [6.45, 7) is 1.71. The number of non-ortho nitro benzene ring substituents is 1. The van der Waals surface area contributed by atoms with Gasteiger partial charge in [0.25, 0.3) is 5.69 Å². The van der Waals surface area contributed by atoms with Crippen molar-refractivity contribution < 1.29 is 17.7 Å². The summed E-state index contributed by atoms with van der Waals surface area (Å²) < 4.78 is 35.6. The molecule has 1 aromatic rings. The van der Waals surface area contributed by atoms with Crippen LogP contribution in [-0.4, -0.2) is 31.4 Å². The summed E-state index contributed by atoms with van der Waals surface area (Å²) in [6.07, 6.45) is 1.46. The zero-order chi connectivity index (χ0) is 14.6. The predicted molar refractivity (Wildman–Crippen MR) is 70.5 cm³/mol. The first-order valence-corrected chi connectivity index (χ1v) is 7.63. The number of sulfone groups is 1. The first-order chi connectivity index (χ1) is 8.69. The van der Waals surface area contributed by atoms with Crippen LogP contribution in [0.4, 0.5) is 15.8 Å². The van der Waals surface area contributed by atoms with Gasteiger partial charge in [0.1, 0.15) is 9.84 Å². The molecular weight excluding hydrogens is 275 g/mol. The van der Waals surface area contributed by atoms with Crippen molar-refractivity contribution in [3.63, 3.8) is 0 Å². The van der Waals surface area contributed by atoms with Gasteiger partial charge in [-0.3, -0.25) is 10.1 Å². The van der Waals surface area contributed by atoms with Crippen LogP contribution in [0.5, 0.6) is 0 Å². The molecule has 0 amide bonds. The number of rotatable bonds is 6. The molecule has 1 aromatic carbocycles. The number of anilines is 1. The van der Waals surface area contributed by atoms with Crippen LogP contribution in [0.2, 0.25) is 0 Å². The highest BCUT2D eigenvalue weighted by molar-refractivity contribution is 7.90. The summed E-state index contributed by atoms with van der Waals surface area (Å²) in [7, 11) is -3.06. The van der Waals surface area contributed by atoms with Gasteiger partial charge < -0.3 is 5.32 Å². The monoisotopic (exact) mass is 290 g/mol. The molecule has 0 fully saturated rings. The fourth-order valence-electron chi connectivity index (χ4n) is 1.46. The molecule has 1 unspecified atom stereocenters. The van der Waals surface area contributed by atoms with Gasteiger partial charge in [-0.25, -0.2) is 12.8 Å². The van der Waals surface area contributed by atoms with E-state index in [0.29, 0.717) is 6.42 Å². The number of nitro benzene ring substituents is 1. The van der Waals surface area contributed by atoms with Crippen molar-refractivity contribution in [3.8, 4) is 0 Å². The number of nitrogens with one attached hydrogen (secondary N) is 1. The second-order valence-corrected chi connectivity index (χ2v) is 6.64. The molecule has 106 valence electrons. The highest BCUT2D eigenvalue weighted by Gasteiger charge is 2.13. The molecule has 0 spiro atoms. The molecule has 0 aliphatic rings. The molecule has 0 heterocycles. The fourth-order valence-corrected chi connectivity index (χ4v) is 2.24. The van der Waals surface area contributed by atoms with E-state index in [1.807, 2.05) is 0 Å². The van der Waals surface area contributed by atoms with Crippen LogP contribution in [0.25, 0.3) is 0 Å². The molecule has 0 saturated carbocycles. The molecular formula is C11H15FN2O4S. The Morgan fingerprint density at radius 3 is 2.58 bits per heavy atom. The second kappa shape index (κ2) is 5.96. The van der Waals surface area contributed by atoms with E-state index in [9.17, 15) is 22.9 Å². The van der Waals surface area contributed by atoms with Crippen LogP contribution in [0, 0.1) is 15.9 Å². The molecule has 0 bridgehead atoms. The van der Waals surface area contributed by atoms with Gasteiger partial charge in [-0.15, -0.1) is 0 Å². The lowest BCUT2D eigenvalue weighted by atomic mass is 10.2. The van der Waals surface area contributed by atoms with E-state index in [1.54, 1.807) is 6.92 Å². The maximum atomic E-state index is 13.6. The standard InChI is InChI=1S/C11H15FN2O4S/c1-8(5-6-19(2,17)18)13-11-4-3-9(14(15)16)7-10(11)12/h3-4,7-8,13H,5-6H2,1-2H3. The Kier molecular flexibility index (Phi) is 4.82. The normalized spacial score (nSPS) is 13.0. The Morgan fingerprint density at radius 1 is 1.47 bits per heavy atom. The zero-order valence-corrected chi connectivity index (χ0v) is 11.4. The summed E-state index contributed by atoms with van der Waals surface area (Å²) in [5, 5.41) is 13.2. The molecule has 0 aliphatic heterocycles. The Bertz CT molecular complexity index is 574. The van der Waals surface area contributed by atoms with Crippen molar-refractivity contribution in [3.05, 3.63) is 34.1 Å². The summed E-state index contributed by atoms with van der Waals surface area (Å²) in [4.78, 5) is 9.77. The molecule has 1 atom stereocenters. The highest BCUT2D eigenvalue weighted by Crippen LogP contribution is 2.21. The van der Waals surface area contributed by atoms with E-state index < -0.39 is 20.6 Å². The van der Waals surface area contributed by atoms with E-state index in [2.05, 4.69) is 5.32 Å². The molecule has 19 heavy (non-hydrogen) atoms. The largest absolute Gasteiger partial charge is 0.380 e. The van der Waals surface area contributed by atoms with Gasteiger partial charge in [-0.2, -0.15) is 0 Å². The summed E-state index contributed by atoms with van der Waals surface area (Å²) >= 11 is 0. The first-order valence-electron chi connectivity index (χ1n) is 5.57. The maximum Gasteiger partial charge on any atom is 0.272 e. The number of benzene rings is 1. The van der Waals surface area contributed by atoms with E-state index >= 15 is 0 Å². The van der Waals surface area contributed by atoms with E-state index in [0.717, 1.165) is 12.3 Å². The topological polar surface area (TPSA) is 89.3 Å². The van der Waals surface area contributed by atoms with Crippen molar-refractivity contribution in [2.75, 3.05) is 17.3 Å². The van der Waals surface area contributed by atoms with Gasteiger partial charge in [-0.05, 0) is 19.4 Å². The van der Waals surface area contributed by atoms with Crippen molar-refractivity contribution in [2.24, 2.45) is 0 Å². The van der Waals surface area contributed by atoms with Crippen molar-refractivity contribution in [1.29, 1.82) is 0 Å². The minimum Gasteiger partial charge on any atom is -0.380 e. The van der Waals surface area contributed by atoms with Crippen LogP contribution in [0.3, 0.4) is 0 Å². The van der Waals surface area contributed by atoms with Gasteiger partial charge in [0.05, 0.1) is 22.4 Å². The minimum atomic E-state index is -3.06. The second-order valence-electron chi connectivity index (χ2n) is 4.39. The number of nitrogens with zero attached hydrogens (tertiary/aromatic N) is 1. The fraction of sp³-hybridized carbons (Fsp3) is 0.455. The molecule has 8 heteroatoms. The van der Waals surface area contributed by atoms with E-state index in [1.165, 1.54) is 12.1 Å². The molecule has 6 nitrogen and oxygen atoms in total. The number of nitro groups is 1. The quantitative estimate of drug-likeness (QED) is 0.639. The molecule has 0 aliphatic carbocycles. The maximum absolute atomic E-state index is 13.6. The third kappa shape index (κ3) is 5.21. The van der Waals surface area contributed by atoms with Gasteiger partial charge >= 0.3 is 0 Å². The Balaban J connectivity index is 2.69. The summed E-state index contributed by atoms with van der Waals surface area (Å²) in [6, 6.07) is 3.02. The van der Waals surface area contributed by atoms with Crippen LogP contribution in [0.15, 0.2) is 18.2 Å². The predicted octanol–water partition coefficient (Wildman–Crippen LogP) is 1.97. The molecule has 0 radical (unpaired) electrons. The SMILES string of the molecule is CC(CCS(C)(=O)=O)Nc1ccc([N+](=O)[O-])cc1F. The third-order valence-electron chi connectivity index (χ3n) is 2.49. The van der Waals surface area contributed by atoms with Gasteiger partial charge in [0.15, 0.2) is 5.82 Å². The lowest BCUT2D eigenvalue weighted by Crippen LogP contribution is -2.20. The average Bonchev–Trinajstić information content (AvgIpc) is 2.28. The number of hydrogen-bond acceptors (Lipinski definition) is 5. The van der Waals surface area contributed by atoms with Gasteiger partial charge in [-0.1, -0.05) is 0 Å². The lowest BCUT2D eigenvalue weighted by molar-refractivity contribution is -0.385. The Labute approximate surface area is 110 Å². The smallest absolute Gasteiger partial charge is 0.272 e. The van der Waals surface area contributed by atoms with Crippen molar-refractivity contribution >= 4 is 21.2 Å². The van der Waals surface area contributed by atoms with Crippen LogP contribution in [0.1, 0.15) is 13.3 Å². The van der Waals surface area contributed by atoms with Crippen molar-refractivity contribution in [2.45, 2.75) is 19.4 Å². The van der Waals surface area contributed by atoms with Crippen LogP contribution < -0.4 is 5.32 Å². The van der Waals surface area contributed by atoms with E-state index in [4.69, 9.17) is 0 Å². The highest BCUT2D eigenvalue weighted by atomic mass is 32.2. The minimum absolute atomic E-state index is 0.00420. The summed E-state index contributed by atoms with van der Waals surface area (Å²) in [5.74, 6) is -0.740. The first kappa shape index (κ1) is 15.4. The summed E-state index contributed by atoms with van der Waals surface area (Å²) in [5.41, 5.74) is -0.210. The molecule has 0 saturated heterocycles. The molecule has 1 N–H and O–H groups in total. The Hall–Kier alpha value is -1.70. The number of halogens is 1. The average molecular weight is 290 g/mol. The molecule has 0 aromatic heterocycles. The van der Waals surface area contributed by atoms with Gasteiger partial charge in [0, 0.05) is 18.4 Å². The number of hydrogen-bond donors (Lipinski definition) is 1. The van der Waals surface area contributed by atoms with Crippen LogP contribution >= 0.6 is 0 Å².